The zero-order chi connectivity index (χ0) is 13.0. The normalized spacial score (nSPS) is 16.7. The molecule has 0 N–H and O–H groups in total. The number of piperazine rings is 1. The van der Waals surface area contributed by atoms with Gasteiger partial charge in [0.05, 0.1) is 0 Å². The van der Waals surface area contributed by atoms with Crippen molar-refractivity contribution in [3.05, 3.63) is 28.7 Å². The van der Waals surface area contributed by atoms with Gasteiger partial charge in [0, 0.05) is 30.7 Å². The lowest BCUT2D eigenvalue weighted by Crippen LogP contribution is -2.48. The lowest BCUT2D eigenvalue weighted by atomic mass is 10.3. The summed E-state index contributed by atoms with van der Waals surface area (Å²) < 4.78 is 6.48. The molecular formula is C13H17BrN2O2. The molecule has 1 aliphatic rings. The Labute approximate surface area is 116 Å². The van der Waals surface area contributed by atoms with Gasteiger partial charge in [0.2, 0.25) is 0 Å². The van der Waals surface area contributed by atoms with E-state index in [2.05, 4.69) is 27.9 Å². The van der Waals surface area contributed by atoms with Gasteiger partial charge in [-0.25, -0.2) is 0 Å². The fraction of sp³-hybridized carbons (Fsp3) is 0.462. The molecule has 0 aliphatic carbocycles. The van der Waals surface area contributed by atoms with Crippen molar-refractivity contribution in [2.24, 2.45) is 0 Å². The van der Waals surface area contributed by atoms with E-state index in [1.807, 2.05) is 29.2 Å². The third-order valence-electron chi connectivity index (χ3n) is 3.03. The van der Waals surface area contributed by atoms with Crippen molar-refractivity contribution in [2.75, 3.05) is 39.8 Å². The van der Waals surface area contributed by atoms with Gasteiger partial charge in [-0.1, -0.05) is 15.9 Å². The maximum atomic E-state index is 11.9. The number of hydrogen-bond donors (Lipinski definition) is 0. The van der Waals surface area contributed by atoms with Crippen LogP contribution in [0.4, 0.5) is 0 Å². The first-order valence-corrected chi connectivity index (χ1v) is 6.79. The van der Waals surface area contributed by atoms with Gasteiger partial charge in [-0.3, -0.25) is 4.79 Å². The third kappa shape index (κ3) is 3.71. The quantitative estimate of drug-likeness (QED) is 0.850. The molecule has 5 heteroatoms. The molecule has 18 heavy (non-hydrogen) atoms. The van der Waals surface area contributed by atoms with E-state index in [4.69, 9.17) is 4.74 Å². The number of ether oxygens (including phenoxy) is 1. The standard InChI is InChI=1S/C13H17BrN2O2/c1-15-6-8-16(9-7-15)13(17)10-18-12-4-2-11(14)3-5-12/h2-5H,6-10H2,1H3. The molecule has 0 radical (unpaired) electrons. The fourth-order valence-corrected chi connectivity index (χ4v) is 2.09. The first kappa shape index (κ1) is 13.4. The summed E-state index contributed by atoms with van der Waals surface area (Å²) in [6.45, 7) is 3.57. The monoisotopic (exact) mass is 312 g/mol. The second-order valence-corrected chi connectivity index (χ2v) is 5.34. The van der Waals surface area contributed by atoms with Crippen LogP contribution in [0, 0.1) is 0 Å². The third-order valence-corrected chi connectivity index (χ3v) is 3.56. The van der Waals surface area contributed by atoms with Crippen molar-refractivity contribution < 1.29 is 9.53 Å². The molecule has 1 amide bonds. The lowest BCUT2D eigenvalue weighted by molar-refractivity contribution is -0.134. The largest absolute Gasteiger partial charge is 0.484 e. The van der Waals surface area contributed by atoms with Crippen molar-refractivity contribution in [1.82, 2.24) is 9.80 Å². The highest BCUT2D eigenvalue weighted by Crippen LogP contribution is 2.16. The Hall–Kier alpha value is -1.07. The van der Waals surface area contributed by atoms with Crippen LogP contribution in [0.25, 0.3) is 0 Å². The van der Waals surface area contributed by atoms with E-state index in [0.717, 1.165) is 36.4 Å². The minimum Gasteiger partial charge on any atom is -0.484 e. The highest BCUT2D eigenvalue weighted by atomic mass is 79.9. The summed E-state index contributed by atoms with van der Waals surface area (Å²) in [4.78, 5) is 16.0. The summed E-state index contributed by atoms with van der Waals surface area (Å²) >= 11 is 3.36. The smallest absolute Gasteiger partial charge is 0.260 e. The number of likely N-dealkylation sites (N-methyl/N-ethyl adjacent to an activating group) is 1. The number of carbonyl (C=O) groups is 1. The van der Waals surface area contributed by atoms with Crippen LogP contribution in [0.2, 0.25) is 0 Å². The van der Waals surface area contributed by atoms with Crippen LogP contribution in [0.1, 0.15) is 0 Å². The van der Waals surface area contributed by atoms with Gasteiger partial charge in [-0.2, -0.15) is 0 Å². The summed E-state index contributed by atoms with van der Waals surface area (Å²) in [5, 5.41) is 0. The second-order valence-electron chi connectivity index (χ2n) is 4.43. The highest BCUT2D eigenvalue weighted by Gasteiger charge is 2.19. The molecule has 0 unspecified atom stereocenters. The van der Waals surface area contributed by atoms with Crippen molar-refractivity contribution in [3.63, 3.8) is 0 Å². The van der Waals surface area contributed by atoms with Crippen LogP contribution in [0.5, 0.6) is 5.75 Å². The average Bonchev–Trinajstić information content (AvgIpc) is 2.38. The number of hydrogen-bond acceptors (Lipinski definition) is 3. The molecule has 2 rings (SSSR count). The van der Waals surface area contributed by atoms with Gasteiger partial charge in [0.1, 0.15) is 5.75 Å². The highest BCUT2D eigenvalue weighted by molar-refractivity contribution is 9.10. The molecule has 0 atom stereocenters. The minimum atomic E-state index is 0.0611. The molecule has 4 nitrogen and oxygen atoms in total. The summed E-state index contributed by atoms with van der Waals surface area (Å²) in [6.07, 6.45) is 0. The SMILES string of the molecule is CN1CCN(C(=O)COc2ccc(Br)cc2)CC1. The molecule has 1 aliphatic heterocycles. The van der Waals surface area contributed by atoms with Crippen LogP contribution in [-0.4, -0.2) is 55.5 Å². The van der Waals surface area contributed by atoms with Gasteiger partial charge in [0.15, 0.2) is 6.61 Å². The average molecular weight is 313 g/mol. The Balaban J connectivity index is 1.79. The van der Waals surface area contributed by atoms with Crippen molar-refractivity contribution in [2.45, 2.75) is 0 Å². The Morgan fingerprint density at radius 2 is 1.83 bits per heavy atom. The molecule has 98 valence electrons. The van der Waals surface area contributed by atoms with Crippen molar-refractivity contribution in [1.29, 1.82) is 0 Å². The summed E-state index contributed by atoms with van der Waals surface area (Å²) in [5.74, 6) is 0.784. The molecule has 0 spiro atoms. The molecular weight excluding hydrogens is 296 g/mol. The van der Waals surface area contributed by atoms with Crippen LogP contribution in [0.15, 0.2) is 28.7 Å². The molecule has 0 aromatic heterocycles. The first-order chi connectivity index (χ1) is 8.65. The minimum absolute atomic E-state index is 0.0611. The number of amides is 1. The number of halogens is 1. The van der Waals surface area contributed by atoms with Crippen LogP contribution in [0.3, 0.4) is 0 Å². The summed E-state index contributed by atoms with van der Waals surface area (Å²) in [5.41, 5.74) is 0. The lowest BCUT2D eigenvalue weighted by Gasteiger charge is -2.32. The van der Waals surface area contributed by atoms with Crippen LogP contribution >= 0.6 is 15.9 Å². The van der Waals surface area contributed by atoms with E-state index in [1.165, 1.54) is 0 Å². The molecule has 0 saturated carbocycles. The van der Waals surface area contributed by atoms with E-state index >= 15 is 0 Å². The van der Waals surface area contributed by atoms with E-state index in [-0.39, 0.29) is 12.5 Å². The van der Waals surface area contributed by atoms with Gasteiger partial charge in [-0.05, 0) is 31.3 Å². The van der Waals surface area contributed by atoms with E-state index in [9.17, 15) is 4.79 Å². The zero-order valence-corrected chi connectivity index (χ0v) is 12.0. The van der Waals surface area contributed by atoms with E-state index in [0.29, 0.717) is 0 Å². The number of carbonyl (C=O) groups excluding carboxylic acids is 1. The van der Waals surface area contributed by atoms with Gasteiger partial charge >= 0.3 is 0 Å². The molecule has 1 saturated heterocycles. The molecule has 1 aromatic rings. The Morgan fingerprint density at radius 1 is 1.22 bits per heavy atom. The van der Waals surface area contributed by atoms with Crippen LogP contribution in [-0.2, 0) is 4.79 Å². The van der Waals surface area contributed by atoms with Crippen molar-refractivity contribution in [3.8, 4) is 5.75 Å². The zero-order valence-electron chi connectivity index (χ0n) is 10.4. The maximum absolute atomic E-state index is 11.9. The summed E-state index contributed by atoms with van der Waals surface area (Å²) in [6, 6.07) is 7.49. The number of benzene rings is 1. The molecule has 1 aromatic carbocycles. The predicted molar refractivity (Wildman–Crippen MR) is 73.7 cm³/mol. The van der Waals surface area contributed by atoms with E-state index in [1.54, 1.807) is 0 Å². The number of rotatable bonds is 3. The Bertz CT molecular complexity index is 400. The first-order valence-electron chi connectivity index (χ1n) is 6.00. The second kappa shape index (κ2) is 6.20. The fourth-order valence-electron chi connectivity index (χ4n) is 1.82. The maximum Gasteiger partial charge on any atom is 0.260 e. The Morgan fingerprint density at radius 3 is 2.44 bits per heavy atom. The summed E-state index contributed by atoms with van der Waals surface area (Å²) in [7, 11) is 2.07. The van der Waals surface area contributed by atoms with Gasteiger partial charge in [-0.15, -0.1) is 0 Å². The Kier molecular flexibility index (Phi) is 4.60. The molecule has 0 bridgehead atoms. The molecule has 1 heterocycles. The van der Waals surface area contributed by atoms with Crippen LogP contribution < -0.4 is 4.74 Å². The topological polar surface area (TPSA) is 32.8 Å². The molecule has 1 fully saturated rings. The van der Waals surface area contributed by atoms with Gasteiger partial charge < -0.3 is 14.5 Å². The van der Waals surface area contributed by atoms with Gasteiger partial charge in [0.25, 0.3) is 5.91 Å². The predicted octanol–water partition coefficient (Wildman–Crippen LogP) is 1.60. The van der Waals surface area contributed by atoms with E-state index < -0.39 is 0 Å². The number of nitrogens with zero attached hydrogens (tertiary/aromatic N) is 2. The van der Waals surface area contributed by atoms with Crippen molar-refractivity contribution >= 4 is 21.8 Å².